The van der Waals surface area contributed by atoms with Crippen LogP contribution in [0.2, 0.25) is 0 Å². The molecule has 0 aliphatic heterocycles. The van der Waals surface area contributed by atoms with E-state index in [-0.39, 0.29) is 11.9 Å². The van der Waals surface area contributed by atoms with Gasteiger partial charge in [-0.15, -0.1) is 5.10 Å². The van der Waals surface area contributed by atoms with Crippen LogP contribution in [0.5, 0.6) is 0 Å². The van der Waals surface area contributed by atoms with Gasteiger partial charge in [0.1, 0.15) is 11.6 Å². The van der Waals surface area contributed by atoms with E-state index < -0.39 is 0 Å². The van der Waals surface area contributed by atoms with E-state index in [1.807, 2.05) is 18.2 Å². The number of anilines is 3. The number of halogens is 1. The van der Waals surface area contributed by atoms with Crippen molar-refractivity contribution in [3.8, 4) is 0 Å². The van der Waals surface area contributed by atoms with E-state index >= 15 is 0 Å². The quantitative estimate of drug-likeness (QED) is 0.422. The van der Waals surface area contributed by atoms with Crippen molar-refractivity contribution in [3.63, 3.8) is 0 Å². The summed E-state index contributed by atoms with van der Waals surface area (Å²) in [5, 5.41) is 28.2. The Balaban J connectivity index is 1.41. The summed E-state index contributed by atoms with van der Waals surface area (Å²) >= 11 is 0. The summed E-state index contributed by atoms with van der Waals surface area (Å²) in [6.45, 7) is 1.76. The normalized spacial score (nSPS) is 19.7. The Morgan fingerprint density at radius 1 is 1.21 bits per heavy atom. The molecule has 3 heterocycles. The zero-order valence-electron chi connectivity index (χ0n) is 16.0. The molecule has 1 fully saturated rings. The highest BCUT2D eigenvalue weighted by molar-refractivity contribution is 5.85. The molecule has 5 rings (SSSR count). The Bertz CT molecular complexity index is 1180. The predicted molar refractivity (Wildman–Crippen MR) is 109 cm³/mol. The first-order chi connectivity index (χ1) is 14.1. The Kier molecular flexibility index (Phi) is 4.31. The fourth-order valence-electron chi connectivity index (χ4n) is 3.96. The fraction of sp³-hybridized carbons (Fsp3) is 0.350. The Hall–Kier alpha value is -3.20. The van der Waals surface area contributed by atoms with Crippen LogP contribution in [0.1, 0.15) is 31.4 Å². The number of H-pyrrole nitrogens is 1. The third-order valence-corrected chi connectivity index (χ3v) is 5.46. The number of hydrogen-bond acceptors (Lipinski definition) is 6. The van der Waals surface area contributed by atoms with Crippen LogP contribution in [0, 0.1) is 12.7 Å². The summed E-state index contributed by atoms with van der Waals surface area (Å²) in [6, 6.07) is 9.25. The molecule has 8 nitrogen and oxygen atoms in total. The van der Waals surface area contributed by atoms with E-state index in [1.165, 1.54) is 6.07 Å². The molecule has 150 valence electrons. The highest BCUT2D eigenvalue weighted by Crippen LogP contribution is 2.26. The molecule has 0 amide bonds. The smallest absolute Gasteiger partial charge is 0.247 e. The maximum absolute atomic E-state index is 14.4. The van der Waals surface area contributed by atoms with Crippen LogP contribution in [0.25, 0.3) is 16.6 Å². The van der Waals surface area contributed by atoms with E-state index in [9.17, 15) is 9.50 Å². The largest absolute Gasteiger partial charge is 0.393 e. The van der Waals surface area contributed by atoms with Crippen molar-refractivity contribution >= 4 is 34.0 Å². The van der Waals surface area contributed by atoms with Gasteiger partial charge in [0.2, 0.25) is 5.95 Å². The molecule has 3 aromatic heterocycles. The second kappa shape index (κ2) is 7.00. The van der Waals surface area contributed by atoms with E-state index in [1.54, 1.807) is 17.5 Å². The number of nitrogens with one attached hydrogen (secondary N) is 3. The molecule has 0 bridgehead atoms. The van der Waals surface area contributed by atoms with Crippen LogP contribution in [-0.4, -0.2) is 42.0 Å². The molecule has 1 aliphatic rings. The molecule has 4 aromatic rings. The maximum Gasteiger partial charge on any atom is 0.247 e. The summed E-state index contributed by atoms with van der Waals surface area (Å²) in [4.78, 5) is 4.50. The van der Waals surface area contributed by atoms with Gasteiger partial charge in [0.05, 0.1) is 22.7 Å². The van der Waals surface area contributed by atoms with Gasteiger partial charge in [-0.25, -0.2) is 4.39 Å². The standard InChI is InChI=1S/C20H22FN7O/c1-11-19-15(21)9-13(10-16(19)26-25-11)23-20-24-18-4-2-3-17(28(18)27-20)22-12-5-7-14(29)8-6-12/h2-4,9-10,12,14,22,29H,5-8H2,1H3,(H,23,27)(H,25,26)/t12-,14+. The van der Waals surface area contributed by atoms with Crippen molar-refractivity contribution in [2.75, 3.05) is 10.6 Å². The number of aliphatic hydroxyl groups excluding tert-OH is 1. The average molecular weight is 395 g/mol. The number of benzene rings is 1. The minimum atomic E-state index is -0.346. The summed E-state index contributed by atoms with van der Waals surface area (Å²) in [7, 11) is 0. The second-order valence-electron chi connectivity index (χ2n) is 7.58. The van der Waals surface area contributed by atoms with Crippen molar-refractivity contribution < 1.29 is 9.50 Å². The summed E-state index contributed by atoms with van der Waals surface area (Å²) in [5.41, 5.74) is 2.48. The molecule has 0 saturated heterocycles. The van der Waals surface area contributed by atoms with Gasteiger partial charge in [0.25, 0.3) is 0 Å². The van der Waals surface area contributed by atoms with Gasteiger partial charge in [0.15, 0.2) is 5.65 Å². The highest BCUT2D eigenvalue weighted by atomic mass is 19.1. The molecule has 0 atom stereocenters. The van der Waals surface area contributed by atoms with Crippen molar-refractivity contribution in [2.24, 2.45) is 0 Å². The molecule has 1 aromatic carbocycles. The van der Waals surface area contributed by atoms with Gasteiger partial charge in [-0.2, -0.15) is 14.6 Å². The van der Waals surface area contributed by atoms with E-state index in [0.29, 0.717) is 39.9 Å². The van der Waals surface area contributed by atoms with Crippen molar-refractivity contribution in [1.29, 1.82) is 0 Å². The molecule has 0 radical (unpaired) electrons. The molecule has 9 heteroatoms. The van der Waals surface area contributed by atoms with Crippen molar-refractivity contribution in [1.82, 2.24) is 24.8 Å². The molecule has 0 unspecified atom stereocenters. The zero-order valence-corrected chi connectivity index (χ0v) is 16.0. The summed E-state index contributed by atoms with van der Waals surface area (Å²) in [6.07, 6.45) is 3.25. The van der Waals surface area contributed by atoms with Crippen LogP contribution < -0.4 is 10.6 Å². The molecule has 0 spiro atoms. The predicted octanol–water partition coefficient (Wildman–Crippen LogP) is 3.51. The number of aromatic amines is 1. The summed E-state index contributed by atoms with van der Waals surface area (Å²) < 4.78 is 16.2. The third kappa shape index (κ3) is 3.38. The lowest BCUT2D eigenvalue weighted by Crippen LogP contribution is -2.29. The number of hydrogen-bond donors (Lipinski definition) is 4. The van der Waals surface area contributed by atoms with Gasteiger partial charge < -0.3 is 15.7 Å². The molecule has 1 saturated carbocycles. The number of aryl methyl sites for hydroxylation is 1. The third-order valence-electron chi connectivity index (χ3n) is 5.46. The molecular weight excluding hydrogens is 373 g/mol. The van der Waals surface area contributed by atoms with Gasteiger partial charge in [0, 0.05) is 11.7 Å². The lowest BCUT2D eigenvalue weighted by Gasteiger charge is -2.26. The fourth-order valence-corrected chi connectivity index (χ4v) is 3.96. The Morgan fingerprint density at radius 3 is 2.86 bits per heavy atom. The number of aromatic nitrogens is 5. The lowest BCUT2D eigenvalue weighted by molar-refractivity contribution is 0.126. The number of rotatable bonds is 4. The SMILES string of the molecule is Cc1n[nH]c2cc(Nc3nc4cccc(N[C@H]5CC[C@@H](O)CC5)n4n3)cc(F)c12. The number of aliphatic hydroxyl groups is 1. The van der Waals surface area contributed by atoms with Crippen LogP contribution in [0.4, 0.5) is 21.8 Å². The molecule has 29 heavy (non-hydrogen) atoms. The van der Waals surface area contributed by atoms with Gasteiger partial charge in [-0.05, 0) is 56.9 Å². The maximum atomic E-state index is 14.4. The van der Waals surface area contributed by atoms with Gasteiger partial charge in [-0.1, -0.05) is 6.07 Å². The second-order valence-corrected chi connectivity index (χ2v) is 7.58. The van der Waals surface area contributed by atoms with Crippen molar-refractivity contribution in [2.45, 2.75) is 44.8 Å². The molecule has 1 aliphatic carbocycles. The molecular formula is C20H22FN7O. The van der Waals surface area contributed by atoms with Gasteiger partial charge >= 0.3 is 0 Å². The van der Waals surface area contributed by atoms with Crippen LogP contribution >= 0.6 is 0 Å². The Morgan fingerprint density at radius 2 is 2.03 bits per heavy atom. The number of nitrogens with zero attached hydrogens (tertiary/aromatic N) is 4. The zero-order chi connectivity index (χ0) is 20.0. The monoisotopic (exact) mass is 395 g/mol. The first kappa shape index (κ1) is 17.9. The topological polar surface area (TPSA) is 103 Å². The van der Waals surface area contributed by atoms with Gasteiger partial charge in [-0.3, -0.25) is 5.10 Å². The number of pyridine rings is 1. The molecule has 4 N–H and O–H groups in total. The summed E-state index contributed by atoms with van der Waals surface area (Å²) in [5.74, 6) is 0.880. The first-order valence-corrected chi connectivity index (χ1v) is 9.78. The van der Waals surface area contributed by atoms with Crippen molar-refractivity contribution in [3.05, 3.63) is 41.8 Å². The Labute approximate surface area is 166 Å². The van der Waals surface area contributed by atoms with Crippen LogP contribution in [-0.2, 0) is 0 Å². The average Bonchev–Trinajstić information content (AvgIpc) is 3.27. The van der Waals surface area contributed by atoms with Crippen LogP contribution in [0.15, 0.2) is 30.3 Å². The minimum Gasteiger partial charge on any atom is -0.393 e. The van der Waals surface area contributed by atoms with E-state index in [4.69, 9.17) is 0 Å². The first-order valence-electron chi connectivity index (χ1n) is 9.78. The lowest BCUT2D eigenvalue weighted by atomic mass is 9.93. The number of fused-ring (bicyclic) bond motifs is 2. The highest BCUT2D eigenvalue weighted by Gasteiger charge is 2.20. The van der Waals surface area contributed by atoms with Crippen LogP contribution in [0.3, 0.4) is 0 Å². The van der Waals surface area contributed by atoms with E-state index in [0.717, 1.165) is 31.5 Å². The minimum absolute atomic E-state index is 0.192. The van der Waals surface area contributed by atoms with E-state index in [2.05, 4.69) is 30.9 Å².